The van der Waals surface area contributed by atoms with Crippen molar-refractivity contribution in [1.82, 2.24) is 14.7 Å². The topological polar surface area (TPSA) is 93.9 Å². The first-order chi connectivity index (χ1) is 13.9. The number of hydrogen-bond donors (Lipinski definition) is 0. The maximum absolute atomic E-state index is 12.8. The molecule has 1 aromatic rings. The predicted octanol–water partition coefficient (Wildman–Crippen LogP) is -2.16. The van der Waals surface area contributed by atoms with Crippen molar-refractivity contribution >= 4 is 17.7 Å². The molecule has 1 aromatic carbocycles. The summed E-state index contributed by atoms with van der Waals surface area (Å²) in [6.45, 7) is 4.94. The summed E-state index contributed by atoms with van der Waals surface area (Å²) in [5, 5.41) is 9.37. The van der Waals surface area contributed by atoms with Gasteiger partial charge in [-0.2, -0.15) is 0 Å². The molecule has 3 amide bonds. The van der Waals surface area contributed by atoms with Crippen LogP contribution >= 0.6 is 0 Å². The molecule has 0 bridgehead atoms. The van der Waals surface area contributed by atoms with Crippen LogP contribution in [0.25, 0.3) is 0 Å². The molecule has 0 radical (unpaired) electrons. The van der Waals surface area contributed by atoms with Gasteiger partial charge in [0, 0.05) is 0 Å². The molecular weight excluding hydrogens is 487 g/mol. The normalized spacial score (nSPS) is 13.9. The van der Waals surface area contributed by atoms with Crippen molar-refractivity contribution in [2.24, 2.45) is 5.92 Å². The van der Waals surface area contributed by atoms with Gasteiger partial charge in [0.15, 0.2) is 0 Å². The average molecular weight is 513 g/mol. The Bertz CT molecular complexity index is 745. The summed E-state index contributed by atoms with van der Waals surface area (Å²) >= 11 is -0.463. The number of amides is 3. The van der Waals surface area contributed by atoms with Gasteiger partial charge in [0.2, 0.25) is 0 Å². The molecule has 1 heterocycles. The van der Waals surface area contributed by atoms with Crippen molar-refractivity contribution in [3.8, 4) is 6.19 Å². The van der Waals surface area contributed by atoms with E-state index in [0.717, 1.165) is 10.5 Å². The molecule has 0 saturated carbocycles. The number of rotatable bonds is 8. The third-order valence-electron chi connectivity index (χ3n) is 4.24. The van der Waals surface area contributed by atoms with E-state index in [1.807, 2.05) is 32.0 Å². The summed E-state index contributed by atoms with van der Waals surface area (Å²) in [7, 11) is 0. The molecule has 2 rings (SSSR count). The van der Waals surface area contributed by atoms with E-state index in [4.69, 9.17) is 3.07 Å². The molecule has 0 aliphatic carbocycles. The van der Waals surface area contributed by atoms with Gasteiger partial charge in [-0.05, 0) is 0 Å². The zero-order valence-corrected chi connectivity index (χ0v) is 18.9. The van der Waals surface area contributed by atoms with Gasteiger partial charge in [-0.25, -0.2) is 0 Å². The average Bonchev–Trinajstić information content (AvgIpc) is 2.72. The van der Waals surface area contributed by atoms with Gasteiger partial charge in [0.05, 0.1) is 0 Å². The molecule has 0 N–H and O–H groups in total. The molecule has 0 spiro atoms. The number of hydrogen-bond acceptors (Lipinski definition) is 5. The van der Waals surface area contributed by atoms with Crippen molar-refractivity contribution in [1.29, 1.82) is 5.26 Å². The van der Waals surface area contributed by atoms with Crippen LogP contribution in [0, 0.1) is 17.4 Å². The van der Waals surface area contributed by atoms with E-state index in [2.05, 4.69) is 0 Å². The molecule has 158 valence electrons. The Morgan fingerprint density at radius 3 is 2.52 bits per heavy atom. The van der Waals surface area contributed by atoms with Gasteiger partial charge in [0.25, 0.3) is 0 Å². The van der Waals surface area contributed by atoms with Crippen molar-refractivity contribution in [2.75, 3.05) is 37.3 Å². The molecule has 0 aromatic heterocycles. The summed E-state index contributed by atoms with van der Waals surface area (Å²) in [5.41, 5.74) is 0.773. The maximum atomic E-state index is 12.8. The van der Waals surface area contributed by atoms with Gasteiger partial charge in [0.1, 0.15) is 0 Å². The van der Waals surface area contributed by atoms with E-state index in [0.29, 0.717) is 24.2 Å². The van der Waals surface area contributed by atoms with Gasteiger partial charge >= 0.3 is 164 Å². The van der Waals surface area contributed by atoms with E-state index < -0.39 is 33.4 Å². The van der Waals surface area contributed by atoms with E-state index in [9.17, 15) is 19.6 Å². The zero-order chi connectivity index (χ0) is 21.2. The summed E-state index contributed by atoms with van der Waals surface area (Å²) < 4.78 is 5.98. The minimum Gasteiger partial charge on any atom is -0.0622 e. The van der Waals surface area contributed by atoms with Crippen LogP contribution < -0.4 is 21.6 Å². The molecule has 1 saturated heterocycles. The first kappa shape index (κ1) is 23.1. The number of halogens is 1. The second-order valence-corrected chi connectivity index (χ2v) is 9.04. The smallest absolute Gasteiger partial charge is 0.0622 e. The minimum absolute atomic E-state index is 0.0439. The Morgan fingerprint density at radius 1 is 1.21 bits per heavy atom. The van der Waals surface area contributed by atoms with Gasteiger partial charge in [-0.15, -0.1) is 0 Å². The molecule has 1 aliphatic heterocycles. The molecule has 8 nitrogen and oxygen atoms in total. The van der Waals surface area contributed by atoms with Gasteiger partial charge < -0.3 is 0 Å². The Balaban J connectivity index is 2.00. The third-order valence-corrected chi connectivity index (χ3v) is 6.22. The van der Waals surface area contributed by atoms with Crippen LogP contribution in [0.15, 0.2) is 30.3 Å². The number of nitrogens with zero attached hydrogens (tertiary/aromatic N) is 4. The van der Waals surface area contributed by atoms with Crippen LogP contribution in [-0.2, 0) is 23.9 Å². The number of carbonyl (C=O) groups excluding carboxylic acids is 3. The van der Waals surface area contributed by atoms with Crippen LogP contribution in [0.5, 0.6) is 0 Å². The fourth-order valence-electron chi connectivity index (χ4n) is 2.78. The summed E-state index contributed by atoms with van der Waals surface area (Å²) in [4.78, 5) is 41.9. The first-order valence-corrected chi connectivity index (χ1v) is 11.8. The zero-order valence-electron chi connectivity index (χ0n) is 16.7. The number of benzene rings is 1. The molecule has 1 aliphatic rings. The monoisotopic (exact) mass is 513 g/mol. The minimum atomic E-state index is -0.463. The molecular formula is C20H26IN4O4-. The standard InChI is InChI=1S/C20H26IN4O4/c1-16(2)11-24(12-19(27)23-8-9-29-21-14-23)20(28)13-25(15-22)18(26)10-17-6-4-3-5-7-17/h3-7,16H,8-14H2,1-2H3/q-1. The van der Waals surface area contributed by atoms with Crippen molar-refractivity contribution in [2.45, 2.75) is 20.3 Å². The Morgan fingerprint density at radius 2 is 1.93 bits per heavy atom. The molecule has 1 fully saturated rings. The summed E-state index contributed by atoms with van der Waals surface area (Å²) in [5.74, 6) is -0.820. The number of alkyl halides is 1. The molecule has 0 unspecified atom stereocenters. The molecule has 0 atom stereocenters. The number of nitriles is 1. The van der Waals surface area contributed by atoms with Crippen LogP contribution in [-0.4, -0.2) is 69.8 Å². The second-order valence-electron chi connectivity index (χ2n) is 7.11. The molecule has 29 heavy (non-hydrogen) atoms. The van der Waals surface area contributed by atoms with Crippen molar-refractivity contribution in [3.63, 3.8) is 0 Å². The fraction of sp³-hybridized carbons (Fsp3) is 0.500. The fourth-order valence-corrected chi connectivity index (χ4v) is 4.55. The van der Waals surface area contributed by atoms with Crippen LogP contribution in [0.3, 0.4) is 0 Å². The Labute approximate surface area is 182 Å². The SMILES string of the molecule is CC(C)CN(CC(=O)N1CCO[I-]C1)C(=O)CN(C#N)C(=O)Cc1ccccc1. The van der Waals surface area contributed by atoms with E-state index in [-0.39, 0.29) is 31.3 Å². The van der Waals surface area contributed by atoms with E-state index in [1.165, 1.54) is 4.90 Å². The van der Waals surface area contributed by atoms with Crippen molar-refractivity contribution < 1.29 is 39.1 Å². The van der Waals surface area contributed by atoms with Gasteiger partial charge in [-0.1, -0.05) is 18.2 Å². The summed E-state index contributed by atoms with van der Waals surface area (Å²) in [6, 6.07) is 9.06. The van der Waals surface area contributed by atoms with Crippen LogP contribution in [0.2, 0.25) is 0 Å². The second kappa shape index (κ2) is 11.7. The van der Waals surface area contributed by atoms with E-state index >= 15 is 0 Å². The molecule has 9 heteroatoms. The van der Waals surface area contributed by atoms with Gasteiger partial charge in [-0.3, -0.25) is 0 Å². The quantitative estimate of drug-likeness (QED) is 0.130. The van der Waals surface area contributed by atoms with Crippen molar-refractivity contribution in [3.05, 3.63) is 35.9 Å². The Kier molecular flexibility index (Phi) is 9.34. The van der Waals surface area contributed by atoms with Crippen LogP contribution in [0.4, 0.5) is 0 Å². The first-order valence-electron chi connectivity index (χ1n) is 9.41. The van der Waals surface area contributed by atoms with Crippen LogP contribution in [0.1, 0.15) is 19.4 Å². The third kappa shape index (κ3) is 7.62. The Hall–Kier alpha value is -2.19. The summed E-state index contributed by atoms with van der Waals surface area (Å²) in [6.07, 6.45) is 1.85. The van der Waals surface area contributed by atoms with E-state index in [1.54, 1.807) is 23.2 Å². The predicted molar refractivity (Wildman–Crippen MR) is 101 cm³/mol. The number of carbonyl (C=O) groups is 3.